The van der Waals surface area contributed by atoms with Crippen LogP contribution in [0, 0.1) is 11.3 Å². The molecule has 2 heterocycles. The van der Waals surface area contributed by atoms with Crippen LogP contribution in [0.3, 0.4) is 0 Å². The van der Waals surface area contributed by atoms with Crippen LogP contribution in [0.1, 0.15) is 28.2 Å². The minimum Gasteiger partial charge on any atom is -0.440 e. The zero-order valence-electron chi connectivity index (χ0n) is 16.4. The second kappa shape index (κ2) is 6.46. The molecule has 6 heteroatoms. The molecule has 1 unspecified atom stereocenters. The van der Waals surface area contributed by atoms with Crippen LogP contribution in [0.25, 0.3) is 10.8 Å². The third-order valence-electron chi connectivity index (χ3n) is 5.73. The Labute approximate surface area is 171 Å². The number of ether oxygens (including phenoxy) is 1. The molecule has 3 aromatic carbocycles. The molecule has 0 aliphatic carbocycles. The van der Waals surface area contributed by atoms with Crippen LogP contribution in [0.4, 0.5) is 0 Å². The van der Waals surface area contributed by atoms with Gasteiger partial charge in [0, 0.05) is 25.6 Å². The molecule has 4 aromatic rings. The van der Waals surface area contributed by atoms with Gasteiger partial charge in [0.05, 0.1) is 17.2 Å². The van der Waals surface area contributed by atoms with Gasteiger partial charge >= 0.3 is 5.69 Å². The number of hydrogen-bond acceptors (Lipinski definition) is 4. The Morgan fingerprint density at radius 2 is 1.63 bits per heavy atom. The molecule has 30 heavy (non-hydrogen) atoms. The first-order valence-corrected chi connectivity index (χ1v) is 9.50. The highest BCUT2D eigenvalue weighted by Crippen LogP contribution is 2.48. The molecule has 0 N–H and O–H groups in total. The summed E-state index contributed by atoms with van der Waals surface area (Å²) in [5.74, 6) is 0.423. The summed E-state index contributed by atoms with van der Waals surface area (Å²) >= 11 is 0. The molecule has 1 aliphatic rings. The maximum absolute atomic E-state index is 13.3. The number of nitriles is 1. The fourth-order valence-electron chi connectivity index (χ4n) is 4.22. The predicted octanol–water partition coefficient (Wildman–Crippen LogP) is 3.39. The van der Waals surface area contributed by atoms with Crippen molar-refractivity contribution in [2.45, 2.75) is 5.92 Å². The number of nitrogens with zero attached hydrogens (tertiary/aromatic N) is 3. The van der Waals surface area contributed by atoms with Crippen molar-refractivity contribution >= 4 is 10.8 Å². The number of hydrogen-bond donors (Lipinski definition) is 0. The van der Waals surface area contributed by atoms with Crippen molar-refractivity contribution in [3.63, 3.8) is 0 Å². The van der Waals surface area contributed by atoms with Crippen molar-refractivity contribution in [1.82, 2.24) is 9.13 Å². The highest BCUT2D eigenvalue weighted by Gasteiger charge is 2.35. The van der Waals surface area contributed by atoms with Gasteiger partial charge in [0.1, 0.15) is 5.75 Å². The molecule has 0 fully saturated rings. The maximum atomic E-state index is 13.3. The third-order valence-corrected chi connectivity index (χ3v) is 5.73. The van der Waals surface area contributed by atoms with E-state index in [0.717, 1.165) is 26.5 Å². The zero-order valence-corrected chi connectivity index (χ0v) is 16.4. The quantitative estimate of drug-likeness (QED) is 0.436. The molecule has 0 radical (unpaired) electrons. The summed E-state index contributed by atoms with van der Waals surface area (Å²) in [4.78, 5) is 25.8. The molecule has 146 valence electrons. The van der Waals surface area contributed by atoms with Gasteiger partial charge in [-0.1, -0.05) is 42.5 Å². The van der Waals surface area contributed by atoms with E-state index >= 15 is 0 Å². The molecule has 0 saturated carbocycles. The van der Waals surface area contributed by atoms with Crippen molar-refractivity contribution in [1.29, 1.82) is 5.26 Å². The van der Waals surface area contributed by atoms with Gasteiger partial charge < -0.3 is 4.74 Å². The standard InChI is InChI=1S/C24H17N3O3/c1-26-22(28)21-19(16-9-7-14(13-25)8-10-16)20-17-6-4-3-5-15(17)11-12-18(20)30-23(21)27(2)24(26)29/h3-12,19H,1-2H3. The van der Waals surface area contributed by atoms with Gasteiger partial charge in [-0.15, -0.1) is 0 Å². The second-order valence-electron chi connectivity index (χ2n) is 7.39. The Balaban J connectivity index is 1.93. The molecule has 0 saturated heterocycles. The molecule has 0 bridgehead atoms. The van der Waals surface area contributed by atoms with E-state index in [-0.39, 0.29) is 11.4 Å². The van der Waals surface area contributed by atoms with E-state index in [9.17, 15) is 14.9 Å². The SMILES string of the molecule is Cn1c2c(c(=O)n(C)c1=O)C(c1ccc(C#N)cc1)c1c(ccc3ccccc13)O2. The Morgan fingerprint density at radius 1 is 0.900 bits per heavy atom. The molecule has 1 aliphatic heterocycles. The van der Waals surface area contributed by atoms with Crippen LogP contribution in [0.15, 0.2) is 70.3 Å². The highest BCUT2D eigenvalue weighted by atomic mass is 16.5. The molecule has 0 spiro atoms. The van der Waals surface area contributed by atoms with Crippen molar-refractivity contribution < 1.29 is 4.74 Å². The van der Waals surface area contributed by atoms with E-state index < -0.39 is 11.6 Å². The van der Waals surface area contributed by atoms with E-state index in [2.05, 4.69) is 6.07 Å². The predicted molar refractivity (Wildman–Crippen MR) is 113 cm³/mol. The number of benzene rings is 3. The molecule has 6 nitrogen and oxygen atoms in total. The molecule has 0 amide bonds. The summed E-state index contributed by atoms with van der Waals surface area (Å²) in [6, 6.07) is 21.1. The first kappa shape index (κ1) is 18.0. The van der Waals surface area contributed by atoms with E-state index in [1.165, 1.54) is 11.6 Å². The average molecular weight is 395 g/mol. The fourth-order valence-corrected chi connectivity index (χ4v) is 4.22. The third kappa shape index (κ3) is 2.42. The molecular weight excluding hydrogens is 378 g/mol. The van der Waals surface area contributed by atoms with Gasteiger partial charge in [0.15, 0.2) is 0 Å². The topological polar surface area (TPSA) is 77.0 Å². The lowest BCUT2D eigenvalue weighted by Gasteiger charge is -2.30. The lowest BCUT2D eigenvalue weighted by molar-refractivity contribution is 0.396. The van der Waals surface area contributed by atoms with Crippen molar-refractivity contribution in [2.75, 3.05) is 0 Å². The second-order valence-corrected chi connectivity index (χ2v) is 7.39. The summed E-state index contributed by atoms with van der Waals surface area (Å²) in [7, 11) is 3.07. The number of fused-ring (bicyclic) bond motifs is 4. The Hall–Kier alpha value is -4.11. The van der Waals surface area contributed by atoms with Crippen LogP contribution in [-0.4, -0.2) is 9.13 Å². The van der Waals surface area contributed by atoms with Gasteiger partial charge in [0.2, 0.25) is 5.88 Å². The normalized spacial score (nSPS) is 14.5. The molecule has 1 atom stereocenters. The van der Waals surface area contributed by atoms with Crippen LogP contribution in [0.2, 0.25) is 0 Å². The fraction of sp³-hybridized carbons (Fsp3) is 0.125. The van der Waals surface area contributed by atoms with E-state index in [4.69, 9.17) is 4.74 Å². The van der Waals surface area contributed by atoms with Gasteiger partial charge in [0.25, 0.3) is 5.56 Å². The Morgan fingerprint density at radius 3 is 2.37 bits per heavy atom. The molecule has 5 rings (SSSR count). The van der Waals surface area contributed by atoms with Gasteiger partial charge in [-0.05, 0) is 34.5 Å². The van der Waals surface area contributed by atoms with Crippen LogP contribution in [0.5, 0.6) is 11.6 Å². The first-order chi connectivity index (χ1) is 14.5. The molecule has 1 aromatic heterocycles. The minimum atomic E-state index is -0.443. The van der Waals surface area contributed by atoms with Gasteiger partial charge in [-0.3, -0.25) is 13.9 Å². The lowest BCUT2D eigenvalue weighted by Crippen LogP contribution is -2.41. The lowest BCUT2D eigenvalue weighted by atomic mass is 9.81. The van der Waals surface area contributed by atoms with Gasteiger partial charge in [-0.2, -0.15) is 5.26 Å². The highest BCUT2D eigenvalue weighted by molar-refractivity contribution is 5.90. The van der Waals surface area contributed by atoms with Gasteiger partial charge in [-0.25, -0.2) is 4.79 Å². The smallest absolute Gasteiger partial charge is 0.333 e. The maximum Gasteiger partial charge on any atom is 0.333 e. The largest absolute Gasteiger partial charge is 0.440 e. The first-order valence-electron chi connectivity index (χ1n) is 9.50. The van der Waals surface area contributed by atoms with Crippen molar-refractivity contribution in [3.05, 3.63) is 104 Å². The van der Waals surface area contributed by atoms with E-state index in [1.807, 2.05) is 48.5 Å². The molecular formula is C24H17N3O3. The Bertz CT molecular complexity index is 1490. The monoisotopic (exact) mass is 395 g/mol. The summed E-state index contributed by atoms with van der Waals surface area (Å²) < 4.78 is 8.60. The van der Waals surface area contributed by atoms with E-state index in [0.29, 0.717) is 16.9 Å². The zero-order chi connectivity index (χ0) is 21.0. The average Bonchev–Trinajstić information content (AvgIpc) is 2.80. The van der Waals surface area contributed by atoms with Crippen molar-refractivity contribution in [2.24, 2.45) is 14.1 Å². The van der Waals surface area contributed by atoms with Crippen LogP contribution in [-0.2, 0) is 14.1 Å². The summed E-state index contributed by atoms with van der Waals surface area (Å²) in [6.07, 6.45) is 0. The van der Waals surface area contributed by atoms with Crippen LogP contribution < -0.4 is 16.0 Å². The summed E-state index contributed by atoms with van der Waals surface area (Å²) in [5.41, 5.74) is 1.85. The Kier molecular flexibility index (Phi) is 3.87. The number of rotatable bonds is 1. The van der Waals surface area contributed by atoms with E-state index in [1.54, 1.807) is 19.2 Å². The van der Waals surface area contributed by atoms with Crippen LogP contribution >= 0.6 is 0 Å². The summed E-state index contributed by atoms with van der Waals surface area (Å²) in [6.45, 7) is 0. The number of aromatic nitrogens is 2. The van der Waals surface area contributed by atoms with Crippen molar-refractivity contribution in [3.8, 4) is 17.7 Å². The minimum absolute atomic E-state index is 0.250. The summed E-state index contributed by atoms with van der Waals surface area (Å²) in [5, 5.41) is 11.2.